The quantitative estimate of drug-likeness (QED) is 0.679. The monoisotopic (exact) mass is 422 g/mol. The molecule has 2 aromatic carbocycles. The Balaban J connectivity index is 1.78. The van der Waals surface area contributed by atoms with Gasteiger partial charge in [-0.15, -0.1) is 0 Å². The minimum Gasteiger partial charge on any atom is -0.486 e. The van der Waals surface area contributed by atoms with Gasteiger partial charge in [0.1, 0.15) is 19.3 Å². The molecule has 1 atom stereocenters. The van der Waals surface area contributed by atoms with Gasteiger partial charge in [0, 0.05) is 11.8 Å². The summed E-state index contributed by atoms with van der Waals surface area (Å²) >= 11 is 1.54. The van der Waals surface area contributed by atoms with E-state index < -0.39 is 22.0 Å². The maximum Gasteiger partial charge on any atom is 0.242 e. The van der Waals surface area contributed by atoms with Gasteiger partial charge in [0.2, 0.25) is 15.9 Å². The van der Waals surface area contributed by atoms with E-state index in [2.05, 4.69) is 10.0 Å². The van der Waals surface area contributed by atoms with Crippen LogP contribution in [0.1, 0.15) is 6.42 Å². The zero-order valence-electron chi connectivity index (χ0n) is 15.4. The first kappa shape index (κ1) is 20.5. The number of carbonyl (C=O) groups excluding carboxylic acids is 1. The fraction of sp³-hybridized carbons (Fsp3) is 0.316. The molecule has 0 saturated heterocycles. The van der Waals surface area contributed by atoms with Crippen molar-refractivity contribution in [2.24, 2.45) is 0 Å². The molecule has 0 saturated carbocycles. The largest absolute Gasteiger partial charge is 0.486 e. The van der Waals surface area contributed by atoms with Gasteiger partial charge in [-0.25, -0.2) is 8.42 Å². The molecular formula is C19H22N2O5S2. The van der Waals surface area contributed by atoms with E-state index in [1.807, 2.05) is 12.3 Å². The number of para-hydroxylation sites is 1. The molecule has 1 amide bonds. The average Bonchev–Trinajstić information content (AvgIpc) is 2.71. The fourth-order valence-electron chi connectivity index (χ4n) is 2.68. The number of carbonyl (C=O) groups is 1. The lowest BCUT2D eigenvalue weighted by Gasteiger charge is -2.21. The molecule has 2 aromatic rings. The Morgan fingerprint density at radius 3 is 2.54 bits per heavy atom. The zero-order chi connectivity index (χ0) is 20.0. The van der Waals surface area contributed by atoms with E-state index >= 15 is 0 Å². The highest BCUT2D eigenvalue weighted by Gasteiger charge is 2.27. The zero-order valence-corrected chi connectivity index (χ0v) is 17.0. The SMILES string of the molecule is CSCC[C@H](NS(=O)(=O)c1ccc2c(c1)OCCO2)C(=O)Nc1ccccc1. The summed E-state index contributed by atoms with van der Waals surface area (Å²) in [4.78, 5) is 12.7. The van der Waals surface area contributed by atoms with Gasteiger partial charge in [-0.1, -0.05) is 18.2 Å². The second-order valence-electron chi connectivity index (χ2n) is 6.12. The highest BCUT2D eigenvalue weighted by atomic mass is 32.2. The van der Waals surface area contributed by atoms with Gasteiger partial charge in [-0.3, -0.25) is 4.79 Å². The van der Waals surface area contributed by atoms with Crippen molar-refractivity contribution in [1.82, 2.24) is 4.72 Å². The van der Waals surface area contributed by atoms with Crippen molar-refractivity contribution in [3.63, 3.8) is 0 Å². The topological polar surface area (TPSA) is 93.7 Å². The van der Waals surface area contributed by atoms with Crippen LogP contribution in [0, 0.1) is 0 Å². The molecule has 0 fully saturated rings. The third kappa shape index (κ3) is 5.18. The van der Waals surface area contributed by atoms with Crippen molar-refractivity contribution in [3.05, 3.63) is 48.5 Å². The van der Waals surface area contributed by atoms with Crippen LogP contribution >= 0.6 is 11.8 Å². The van der Waals surface area contributed by atoms with Crippen LogP contribution in [-0.4, -0.2) is 45.6 Å². The summed E-state index contributed by atoms with van der Waals surface area (Å²) in [6.07, 6.45) is 2.27. The van der Waals surface area contributed by atoms with Crippen molar-refractivity contribution in [3.8, 4) is 11.5 Å². The van der Waals surface area contributed by atoms with Gasteiger partial charge in [0.05, 0.1) is 4.90 Å². The minimum absolute atomic E-state index is 0.0263. The number of nitrogens with one attached hydrogen (secondary N) is 2. The van der Waals surface area contributed by atoms with E-state index in [0.29, 0.717) is 42.6 Å². The summed E-state index contributed by atoms with van der Waals surface area (Å²) in [5.74, 6) is 1.12. The summed E-state index contributed by atoms with van der Waals surface area (Å²) in [6, 6.07) is 12.4. The number of sulfonamides is 1. The smallest absolute Gasteiger partial charge is 0.242 e. The molecule has 150 valence electrons. The summed E-state index contributed by atoms with van der Waals surface area (Å²) in [5.41, 5.74) is 0.611. The number of anilines is 1. The standard InChI is InChI=1S/C19H22N2O5S2/c1-27-12-9-16(19(22)20-14-5-3-2-4-6-14)21-28(23,24)15-7-8-17-18(13-15)26-11-10-25-17/h2-8,13,16,21H,9-12H2,1H3,(H,20,22)/t16-/m0/s1. The second-order valence-corrected chi connectivity index (χ2v) is 8.82. The molecule has 0 aromatic heterocycles. The molecule has 2 N–H and O–H groups in total. The number of ether oxygens (including phenoxy) is 2. The van der Waals surface area contributed by atoms with Crippen molar-refractivity contribution in [2.45, 2.75) is 17.4 Å². The molecule has 1 aliphatic rings. The normalized spacial score (nSPS) is 14.3. The van der Waals surface area contributed by atoms with Gasteiger partial charge in [-0.2, -0.15) is 16.5 Å². The molecule has 9 heteroatoms. The van der Waals surface area contributed by atoms with Crippen LogP contribution in [0.4, 0.5) is 5.69 Å². The van der Waals surface area contributed by atoms with Gasteiger partial charge in [0.15, 0.2) is 11.5 Å². The number of hydrogen-bond acceptors (Lipinski definition) is 6. The molecule has 0 aliphatic carbocycles. The van der Waals surface area contributed by atoms with Crippen LogP contribution in [0.5, 0.6) is 11.5 Å². The van der Waals surface area contributed by atoms with Crippen LogP contribution in [0.2, 0.25) is 0 Å². The lowest BCUT2D eigenvalue weighted by Crippen LogP contribution is -2.44. The van der Waals surface area contributed by atoms with Gasteiger partial charge >= 0.3 is 0 Å². The van der Waals surface area contributed by atoms with Gasteiger partial charge in [0.25, 0.3) is 0 Å². The summed E-state index contributed by atoms with van der Waals surface area (Å²) in [5, 5.41) is 2.76. The predicted octanol–water partition coefficient (Wildman–Crippen LogP) is 2.50. The Morgan fingerprint density at radius 1 is 1.11 bits per heavy atom. The molecule has 7 nitrogen and oxygen atoms in total. The highest BCUT2D eigenvalue weighted by Crippen LogP contribution is 2.32. The first-order valence-corrected chi connectivity index (χ1v) is 11.6. The Labute approximate surface area is 168 Å². The highest BCUT2D eigenvalue weighted by molar-refractivity contribution is 7.98. The Bertz CT molecular complexity index is 919. The molecule has 0 bridgehead atoms. The molecule has 1 aliphatic heterocycles. The number of amides is 1. The summed E-state index contributed by atoms with van der Waals surface area (Å²) in [6.45, 7) is 0.785. The van der Waals surface area contributed by atoms with Crippen LogP contribution < -0.4 is 19.5 Å². The maximum absolute atomic E-state index is 12.9. The lowest BCUT2D eigenvalue weighted by atomic mass is 10.2. The fourth-order valence-corrected chi connectivity index (χ4v) is 4.39. The third-order valence-electron chi connectivity index (χ3n) is 4.09. The Kier molecular flexibility index (Phi) is 6.82. The van der Waals surface area contributed by atoms with Crippen molar-refractivity contribution in [1.29, 1.82) is 0 Å². The average molecular weight is 423 g/mol. The second kappa shape index (κ2) is 9.31. The van der Waals surface area contributed by atoms with E-state index in [1.54, 1.807) is 42.1 Å². The Hall–Kier alpha value is -2.23. The van der Waals surface area contributed by atoms with E-state index in [4.69, 9.17) is 9.47 Å². The van der Waals surface area contributed by atoms with E-state index in [9.17, 15) is 13.2 Å². The van der Waals surface area contributed by atoms with Gasteiger partial charge < -0.3 is 14.8 Å². The van der Waals surface area contributed by atoms with Gasteiger partial charge in [-0.05, 0) is 42.7 Å². The van der Waals surface area contributed by atoms with Crippen molar-refractivity contribution < 1.29 is 22.7 Å². The van der Waals surface area contributed by atoms with Crippen molar-refractivity contribution in [2.75, 3.05) is 30.5 Å². The number of fused-ring (bicyclic) bond motifs is 1. The van der Waals surface area contributed by atoms with Crippen LogP contribution in [0.25, 0.3) is 0 Å². The van der Waals surface area contributed by atoms with Crippen LogP contribution in [-0.2, 0) is 14.8 Å². The molecule has 1 heterocycles. The van der Waals surface area contributed by atoms with Crippen LogP contribution in [0.3, 0.4) is 0 Å². The predicted molar refractivity (Wildman–Crippen MR) is 110 cm³/mol. The molecular weight excluding hydrogens is 400 g/mol. The third-order valence-corrected chi connectivity index (χ3v) is 6.20. The number of hydrogen-bond donors (Lipinski definition) is 2. The van der Waals surface area contributed by atoms with E-state index in [0.717, 1.165) is 0 Å². The number of benzene rings is 2. The molecule has 0 radical (unpaired) electrons. The maximum atomic E-state index is 12.9. The minimum atomic E-state index is -3.92. The van der Waals surface area contributed by atoms with Crippen LogP contribution in [0.15, 0.2) is 53.4 Å². The molecule has 0 unspecified atom stereocenters. The molecule has 3 rings (SSSR count). The molecule has 0 spiro atoms. The number of thioether (sulfide) groups is 1. The van der Waals surface area contributed by atoms with E-state index in [-0.39, 0.29) is 4.90 Å². The Morgan fingerprint density at radius 2 is 1.82 bits per heavy atom. The molecule has 28 heavy (non-hydrogen) atoms. The first-order chi connectivity index (χ1) is 13.5. The lowest BCUT2D eigenvalue weighted by molar-refractivity contribution is -0.117. The van der Waals surface area contributed by atoms with E-state index in [1.165, 1.54) is 12.1 Å². The summed E-state index contributed by atoms with van der Waals surface area (Å²) < 4.78 is 39.1. The number of rotatable bonds is 8. The summed E-state index contributed by atoms with van der Waals surface area (Å²) in [7, 11) is -3.92. The van der Waals surface area contributed by atoms with Crippen molar-refractivity contribution >= 4 is 33.4 Å². The first-order valence-electron chi connectivity index (χ1n) is 8.76.